The maximum Gasteiger partial charge on any atom is 0.124 e. The lowest BCUT2D eigenvalue weighted by Crippen LogP contribution is -2.49. The lowest BCUT2D eigenvalue weighted by molar-refractivity contribution is 0.00727. The molecule has 0 aromatic heterocycles. The highest BCUT2D eigenvalue weighted by atomic mass is 16.5. The van der Waals surface area contributed by atoms with Crippen LogP contribution < -0.4 is 9.47 Å². The summed E-state index contributed by atoms with van der Waals surface area (Å²) >= 11 is 0. The molecule has 4 atom stereocenters. The van der Waals surface area contributed by atoms with Gasteiger partial charge in [-0.15, -0.1) is 0 Å². The van der Waals surface area contributed by atoms with Crippen molar-refractivity contribution >= 4 is 0 Å². The van der Waals surface area contributed by atoms with E-state index in [1.165, 1.54) is 105 Å². The Morgan fingerprint density at radius 2 is 0.745 bits per heavy atom. The second-order valence-corrected chi connectivity index (χ2v) is 18.2. The van der Waals surface area contributed by atoms with E-state index in [1.54, 1.807) is 0 Å². The van der Waals surface area contributed by atoms with Crippen molar-refractivity contribution in [2.75, 3.05) is 0 Å². The summed E-state index contributed by atoms with van der Waals surface area (Å²) in [5.74, 6) is 2.14. The van der Waals surface area contributed by atoms with Gasteiger partial charge in [-0.1, -0.05) is 124 Å². The molecule has 2 fully saturated rings. The van der Waals surface area contributed by atoms with Crippen LogP contribution >= 0.6 is 0 Å². The molecule has 0 radical (unpaired) electrons. The van der Waals surface area contributed by atoms with Crippen LogP contribution in [0, 0.1) is 0 Å². The molecule has 0 amide bonds. The van der Waals surface area contributed by atoms with Crippen LogP contribution in [0.5, 0.6) is 11.5 Å². The molecule has 274 valence electrons. The monoisotopic (exact) mass is 718 g/mol. The van der Waals surface area contributed by atoms with E-state index < -0.39 is 5.41 Å². The molecule has 0 N–H and O–H groups in total. The molecule has 0 saturated heterocycles. The summed E-state index contributed by atoms with van der Waals surface area (Å²) in [6, 6.07) is 50.9. The first-order valence-electron chi connectivity index (χ1n) is 20.8. The van der Waals surface area contributed by atoms with Crippen LogP contribution in [0.1, 0.15) is 112 Å². The minimum absolute atomic E-state index is 0.0223. The van der Waals surface area contributed by atoms with Crippen LogP contribution in [-0.2, 0) is 16.2 Å². The molecule has 6 aromatic rings. The van der Waals surface area contributed by atoms with Crippen molar-refractivity contribution in [1.29, 1.82) is 0 Å². The zero-order valence-electron chi connectivity index (χ0n) is 32.7. The molecule has 4 unspecified atom stereocenters. The smallest absolute Gasteiger partial charge is 0.124 e. The minimum Gasteiger partial charge on any atom is -0.486 e. The van der Waals surface area contributed by atoms with Gasteiger partial charge in [-0.3, -0.25) is 0 Å². The van der Waals surface area contributed by atoms with Gasteiger partial charge in [-0.25, -0.2) is 0 Å². The van der Waals surface area contributed by atoms with Crippen LogP contribution in [0.2, 0.25) is 0 Å². The number of benzene rings is 6. The number of hydrogen-bond acceptors (Lipinski definition) is 2. The molecule has 2 saturated carbocycles. The van der Waals surface area contributed by atoms with Crippen molar-refractivity contribution in [2.45, 2.75) is 107 Å². The van der Waals surface area contributed by atoms with Gasteiger partial charge >= 0.3 is 0 Å². The Balaban J connectivity index is 1.10. The van der Waals surface area contributed by atoms with Crippen molar-refractivity contribution in [3.05, 3.63) is 167 Å². The predicted molar refractivity (Wildman–Crippen MR) is 224 cm³/mol. The van der Waals surface area contributed by atoms with Crippen LogP contribution in [0.4, 0.5) is 0 Å². The molecule has 2 nitrogen and oxygen atoms in total. The Bertz CT molecular complexity index is 2340. The molecule has 5 aliphatic rings. The lowest BCUT2D eigenvalue weighted by Gasteiger charge is -2.43. The number of ether oxygens (including phenoxy) is 2. The van der Waals surface area contributed by atoms with Gasteiger partial charge in [0, 0.05) is 22.0 Å². The van der Waals surface area contributed by atoms with E-state index in [4.69, 9.17) is 9.47 Å². The molecular formula is C53H50O2. The fourth-order valence-corrected chi connectivity index (χ4v) is 11.9. The average Bonchev–Trinajstić information content (AvgIpc) is 3.74. The molecule has 55 heavy (non-hydrogen) atoms. The van der Waals surface area contributed by atoms with E-state index in [9.17, 15) is 0 Å². The van der Waals surface area contributed by atoms with E-state index in [0.29, 0.717) is 0 Å². The normalized spacial score (nSPS) is 27.8. The first-order chi connectivity index (χ1) is 26.7. The Kier molecular flexibility index (Phi) is 6.95. The summed E-state index contributed by atoms with van der Waals surface area (Å²) in [7, 11) is 0. The van der Waals surface area contributed by atoms with Gasteiger partial charge in [-0.05, 0) is 144 Å². The van der Waals surface area contributed by atoms with E-state index >= 15 is 0 Å². The summed E-state index contributed by atoms with van der Waals surface area (Å²) in [4.78, 5) is 0. The standard InChI is InChI=1S/C53H50O2/c1-49-27-11-13-29-51(49,3)54-47-25-21-37(33-45(47)49)35-19-23-41-42-24-20-36(38-22-26-48-46(34-38)50(2)28-12-14-30-52(50,4)55-48)32-44(42)53(43(41)31-35,39-15-7-5-8-16-39)40-17-9-6-10-18-40/h5-10,15-26,31-34H,11-14,27-30H2,1-4H3. The third-order valence-electron chi connectivity index (χ3n) is 15.5. The largest absolute Gasteiger partial charge is 0.486 e. The zero-order valence-corrected chi connectivity index (χ0v) is 32.7. The third-order valence-corrected chi connectivity index (χ3v) is 15.5. The van der Waals surface area contributed by atoms with Crippen molar-refractivity contribution in [3.63, 3.8) is 0 Å². The topological polar surface area (TPSA) is 18.5 Å². The van der Waals surface area contributed by atoms with Gasteiger partial charge in [0.15, 0.2) is 0 Å². The van der Waals surface area contributed by atoms with Gasteiger partial charge in [-0.2, -0.15) is 0 Å². The van der Waals surface area contributed by atoms with E-state index in [2.05, 4.69) is 161 Å². The Labute approximate surface area is 326 Å². The minimum atomic E-state index is -0.499. The summed E-state index contributed by atoms with van der Waals surface area (Å²) in [5, 5.41) is 0. The van der Waals surface area contributed by atoms with E-state index in [0.717, 1.165) is 24.3 Å². The summed E-state index contributed by atoms with van der Waals surface area (Å²) in [5.41, 5.74) is 14.9. The summed E-state index contributed by atoms with van der Waals surface area (Å²) in [6.45, 7) is 9.56. The Morgan fingerprint density at radius 3 is 1.16 bits per heavy atom. The first kappa shape index (κ1) is 33.3. The molecule has 2 aliphatic heterocycles. The van der Waals surface area contributed by atoms with Crippen molar-refractivity contribution < 1.29 is 9.47 Å². The van der Waals surface area contributed by atoms with Crippen LogP contribution in [-0.4, -0.2) is 11.2 Å². The van der Waals surface area contributed by atoms with Gasteiger partial charge in [0.2, 0.25) is 0 Å². The molecule has 11 rings (SSSR count). The van der Waals surface area contributed by atoms with Crippen LogP contribution in [0.15, 0.2) is 133 Å². The second-order valence-electron chi connectivity index (χ2n) is 18.2. The highest BCUT2D eigenvalue weighted by Crippen LogP contribution is 2.60. The van der Waals surface area contributed by atoms with E-state index in [-0.39, 0.29) is 22.0 Å². The van der Waals surface area contributed by atoms with Crippen molar-refractivity contribution in [2.24, 2.45) is 0 Å². The quantitative estimate of drug-likeness (QED) is 0.180. The molecule has 2 heteroatoms. The predicted octanol–water partition coefficient (Wildman–Crippen LogP) is 13.3. The maximum atomic E-state index is 6.76. The first-order valence-corrected chi connectivity index (χ1v) is 20.8. The van der Waals surface area contributed by atoms with Gasteiger partial charge in [0.25, 0.3) is 0 Å². The van der Waals surface area contributed by atoms with Gasteiger partial charge in [0.1, 0.15) is 22.7 Å². The molecule has 0 bridgehead atoms. The number of rotatable bonds is 4. The average molecular weight is 719 g/mol. The molecule has 2 heterocycles. The maximum absolute atomic E-state index is 6.76. The van der Waals surface area contributed by atoms with Crippen LogP contribution in [0.25, 0.3) is 33.4 Å². The SMILES string of the molecule is CC12CCCCC1(C)c1cc(-c3ccc4c(c3)C(c3ccccc3)(c3ccccc3)c3cc(-c5ccc6c(c5)C5(C)CCCCC5(C)O6)ccc3-4)ccc1O2. The fourth-order valence-electron chi connectivity index (χ4n) is 11.9. The number of hydrogen-bond donors (Lipinski definition) is 0. The van der Waals surface area contributed by atoms with Crippen LogP contribution in [0.3, 0.4) is 0 Å². The molecule has 0 spiro atoms. The Hall–Kier alpha value is -5.08. The van der Waals surface area contributed by atoms with E-state index in [1.807, 2.05) is 0 Å². The lowest BCUT2D eigenvalue weighted by atomic mass is 9.63. The fraction of sp³-hybridized carbons (Fsp3) is 0.321. The highest BCUT2D eigenvalue weighted by molar-refractivity contribution is 5.90. The number of fused-ring (bicyclic) bond motifs is 9. The zero-order chi connectivity index (χ0) is 37.2. The summed E-state index contributed by atoms with van der Waals surface area (Å²) in [6.07, 6.45) is 9.55. The van der Waals surface area contributed by atoms with Gasteiger partial charge < -0.3 is 9.47 Å². The molecular weight excluding hydrogens is 669 g/mol. The van der Waals surface area contributed by atoms with Crippen molar-refractivity contribution in [1.82, 2.24) is 0 Å². The molecule has 6 aromatic carbocycles. The molecule has 3 aliphatic carbocycles. The van der Waals surface area contributed by atoms with Gasteiger partial charge in [0.05, 0.1) is 5.41 Å². The third kappa shape index (κ3) is 4.37. The Morgan fingerprint density at radius 1 is 0.382 bits per heavy atom. The highest BCUT2D eigenvalue weighted by Gasteiger charge is 2.56. The van der Waals surface area contributed by atoms with Crippen molar-refractivity contribution in [3.8, 4) is 44.9 Å². The second kappa shape index (κ2) is 11.5. The summed E-state index contributed by atoms with van der Waals surface area (Å²) < 4.78 is 13.5.